The maximum Gasteiger partial charge on any atom is 0.341 e. The van der Waals surface area contributed by atoms with E-state index in [2.05, 4.69) is 5.32 Å². The lowest BCUT2D eigenvalue weighted by Crippen LogP contribution is -2.30. The molecule has 2 aromatic rings. The van der Waals surface area contributed by atoms with Crippen LogP contribution in [-0.4, -0.2) is 23.9 Å². The zero-order valence-corrected chi connectivity index (χ0v) is 14.0. The molecular formula is C17H16ClN3O4. The van der Waals surface area contributed by atoms with Crippen LogP contribution in [0.2, 0.25) is 5.02 Å². The van der Waals surface area contributed by atoms with Gasteiger partial charge < -0.3 is 21.5 Å². The first-order valence-electron chi connectivity index (χ1n) is 7.24. The number of nitrogens with one attached hydrogen (secondary N) is 1. The number of amides is 2. The van der Waals surface area contributed by atoms with Gasteiger partial charge in [-0.2, -0.15) is 0 Å². The van der Waals surface area contributed by atoms with Crippen LogP contribution in [0.3, 0.4) is 0 Å². The van der Waals surface area contributed by atoms with E-state index in [-0.39, 0.29) is 11.3 Å². The minimum absolute atomic E-state index is 0.120. The summed E-state index contributed by atoms with van der Waals surface area (Å²) in [7, 11) is 0. The predicted molar refractivity (Wildman–Crippen MR) is 94.3 cm³/mol. The largest absolute Gasteiger partial charge is 0.449 e. The summed E-state index contributed by atoms with van der Waals surface area (Å²) in [5.74, 6) is -1.84. The smallest absolute Gasteiger partial charge is 0.341 e. The number of nitrogens with two attached hydrogens (primary N) is 2. The number of halogens is 1. The van der Waals surface area contributed by atoms with Crippen molar-refractivity contribution in [3.63, 3.8) is 0 Å². The van der Waals surface area contributed by atoms with Crippen LogP contribution >= 0.6 is 11.6 Å². The van der Waals surface area contributed by atoms with Gasteiger partial charge in [-0.05, 0) is 49.4 Å². The Morgan fingerprint density at radius 2 is 1.76 bits per heavy atom. The molecule has 0 saturated heterocycles. The molecule has 8 heteroatoms. The van der Waals surface area contributed by atoms with Crippen molar-refractivity contribution < 1.29 is 19.1 Å². The monoisotopic (exact) mass is 361 g/mol. The topological polar surface area (TPSA) is 125 Å². The second kappa shape index (κ2) is 7.67. The number of hydrogen-bond donors (Lipinski definition) is 3. The second-order valence-electron chi connectivity index (χ2n) is 5.21. The highest BCUT2D eigenvalue weighted by Crippen LogP contribution is 2.19. The van der Waals surface area contributed by atoms with E-state index in [1.807, 2.05) is 0 Å². The number of carbonyl (C=O) groups is 3. The fourth-order valence-corrected chi connectivity index (χ4v) is 2.14. The van der Waals surface area contributed by atoms with Gasteiger partial charge in [-0.15, -0.1) is 0 Å². The van der Waals surface area contributed by atoms with Gasteiger partial charge in [0.05, 0.1) is 5.56 Å². The second-order valence-corrected chi connectivity index (χ2v) is 5.65. The third kappa shape index (κ3) is 4.71. The minimum atomic E-state index is -1.06. The Kier molecular flexibility index (Phi) is 5.61. The zero-order valence-electron chi connectivity index (χ0n) is 13.3. The molecule has 0 radical (unpaired) electrons. The van der Waals surface area contributed by atoms with Crippen LogP contribution < -0.4 is 16.8 Å². The van der Waals surface area contributed by atoms with Crippen LogP contribution in [0.15, 0.2) is 42.5 Å². The Morgan fingerprint density at radius 1 is 1.12 bits per heavy atom. The molecule has 1 atom stereocenters. The first-order valence-corrected chi connectivity index (χ1v) is 7.62. The van der Waals surface area contributed by atoms with Crippen molar-refractivity contribution >= 4 is 40.8 Å². The van der Waals surface area contributed by atoms with Crippen LogP contribution in [0.5, 0.6) is 0 Å². The molecule has 0 aliphatic heterocycles. The molecule has 7 nitrogen and oxygen atoms in total. The van der Waals surface area contributed by atoms with Gasteiger partial charge >= 0.3 is 5.97 Å². The van der Waals surface area contributed by atoms with Crippen molar-refractivity contribution in [1.29, 1.82) is 0 Å². The van der Waals surface area contributed by atoms with Crippen molar-refractivity contribution in [3.05, 3.63) is 58.6 Å². The molecule has 0 bridgehead atoms. The Bertz CT molecular complexity index is 821. The van der Waals surface area contributed by atoms with E-state index in [0.717, 1.165) is 0 Å². The van der Waals surface area contributed by atoms with Crippen molar-refractivity contribution in [3.8, 4) is 0 Å². The number of carbonyl (C=O) groups excluding carboxylic acids is 3. The summed E-state index contributed by atoms with van der Waals surface area (Å²) >= 11 is 5.77. The average molecular weight is 362 g/mol. The fraction of sp³-hybridized carbons (Fsp3) is 0.118. The van der Waals surface area contributed by atoms with Crippen LogP contribution in [0, 0.1) is 0 Å². The number of rotatable bonds is 5. The minimum Gasteiger partial charge on any atom is -0.449 e. The highest BCUT2D eigenvalue weighted by molar-refractivity contribution is 6.31. The Hall–Kier alpha value is -3.06. The molecule has 1 unspecified atom stereocenters. The summed E-state index contributed by atoms with van der Waals surface area (Å²) in [5.41, 5.74) is 11.9. The first kappa shape index (κ1) is 18.3. The lowest BCUT2D eigenvalue weighted by atomic mass is 10.2. The quantitative estimate of drug-likeness (QED) is 0.556. The van der Waals surface area contributed by atoms with Crippen LogP contribution in [0.25, 0.3) is 0 Å². The molecule has 2 rings (SSSR count). The van der Waals surface area contributed by atoms with Crippen molar-refractivity contribution in [1.82, 2.24) is 0 Å². The zero-order chi connectivity index (χ0) is 18.6. The molecule has 0 saturated carbocycles. The van der Waals surface area contributed by atoms with Gasteiger partial charge in [0.2, 0.25) is 5.91 Å². The van der Waals surface area contributed by atoms with Gasteiger partial charge in [0.1, 0.15) is 0 Å². The molecule has 0 spiro atoms. The number of anilines is 2. The van der Waals surface area contributed by atoms with E-state index in [4.69, 9.17) is 27.8 Å². The SMILES string of the molecule is CC(OC(=O)c1ccc(Cl)cc1N)C(=O)Nc1ccc(C(N)=O)cc1. The van der Waals surface area contributed by atoms with Crippen LogP contribution in [-0.2, 0) is 9.53 Å². The fourth-order valence-electron chi connectivity index (χ4n) is 1.96. The van der Waals surface area contributed by atoms with Crippen molar-refractivity contribution in [2.24, 2.45) is 5.73 Å². The lowest BCUT2D eigenvalue weighted by molar-refractivity contribution is -0.123. The maximum absolute atomic E-state index is 12.1. The lowest BCUT2D eigenvalue weighted by Gasteiger charge is -2.14. The number of primary amides is 1. The number of hydrogen-bond acceptors (Lipinski definition) is 5. The Balaban J connectivity index is 1.99. The molecule has 5 N–H and O–H groups in total. The molecule has 0 fully saturated rings. The summed E-state index contributed by atoms with van der Waals surface area (Å²) in [6, 6.07) is 10.3. The summed E-state index contributed by atoms with van der Waals surface area (Å²) < 4.78 is 5.10. The standard InChI is InChI=1S/C17H16ClN3O4/c1-9(25-17(24)13-7-4-11(18)8-14(13)19)16(23)21-12-5-2-10(3-6-12)15(20)22/h2-9H,19H2,1H3,(H2,20,22)(H,21,23). The summed E-state index contributed by atoms with van der Waals surface area (Å²) in [4.78, 5) is 35.2. The first-order chi connectivity index (χ1) is 11.8. The molecule has 0 aliphatic carbocycles. The van der Waals surface area contributed by atoms with Gasteiger partial charge in [-0.1, -0.05) is 11.6 Å². The molecule has 2 aromatic carbocycles. The van der Waals surface area contributed by atoms with Gasteiger partial charge in [0.15, 0.2) is 6.10 Å². The van der Waals surface area contributed by atoms with Crippen molar-refractivity contribution in [2.45, 2.75) is 13.0 Å². The number of benzene rings is 2. The van der Waals surface area contributed by atoms with E-state index in [9.17, 15) is 14.4 Å². The van der Waals surface area contributed by atoms with E-state index in [1.54, 1.807) is 0 Å². The number of nitrogen functional groups attached to an aromatic ring is 1. The van der Waals surface area contributed by atoms with E-state index in [0.29, 0.717) is 16.3 Å². The number of esters is 1. The molecule has 0 heterocycles. The number of ether oxygens (including phenoxy) is 1. The van der Waals surface area contributed by atoms with Crippen molar-refractivity contribution in [2.75, 3.05) is 11.1 Å². The molecule has 0 aliphatic rings. The van der Waals surface area contributed by atoms with E-state index in [1.165, 1.54) is 49.4 Å². The Labute approximate surface area is 148 Å². The van der Waals surface area contributed by atoms with E-state index >= 15 is 0 Å². The molecular weight excluding hydrogens is 346 g/mol. The van der Waals surface area contributed by atoms with Gasteiger partial charge in [0.25, 0.3) is 5.91 Å². The van der Waals surface area contributed by atoms with Gasteiger partial charge in [-0.3, -0.25) is 9.59 Å². The molecule has 130 valence electrons. The van der Waals surface area contributed by atoms with Crippen LogP contribution in [0.4, 0.5) is 11.4 Å². The third-order valence-electron chi connectivity index (χ3n) is 3.32. The summed E-state index contributed by atoms with van der Waals surface area (Å²) in [5, 5.41) is 2.96. The van der Waals surface area contributed by atoms with Gasteiger partial charge in [-0.25, -0.2) is 4.79 Å². The predicted octanol–water partition coefficient (Wildman–Crippen LogP) is 2.21. The molecule has 0 aromatic heterocycles. The average Bonchev–Trinajstić information content (AvgIpc) is 2.55. The Morgan fingerprint density at radius 3 is 2.32 bits per heavy atom. The van der Waals surface area contributed by atoms with E-state index < -0.39 is 23.9 Å². The normalized spacial score (nSPS) is 11.4. The maximum atomic E-state index is 12.1. The third-order valence-corrected chi connectivity index (χ3v) is 3.56. The highest BCUT2D eigenvalue weighted by Gasteiger charge is 2.20. The molecule has 25 heavy (non-hydrogen) atoms. The van der Waals surface area contributed by atoms with Gasteiger partial charge in [0, 0.05) is 22.0 Å². The van der Waals surface area contributed by atoms with Crippen LogP contribution in [0.1, 0.15) is 27.6 Å². The highest BCUT2D eigenvalue weighted by atomic mass is 35.5. The summed E-state index contributed by atoms with van der Waals surface area (Å²) in [6.07, 6.45) is -1.06. The summed E-state index contributed by atoms with van der Waals surface area (Å²) in [6.45, 7) is 1.43. The molecule has 2 amide bonds.